The standard InChI is InChI=1S/C15H18N2O/c1-11-5-3-6-12(2)14(11)10-17-8-4-7-13(9-16)15(17)18/h3-8H,9-10,16H2,1-2H3. The van der Waals surface area contributed by atoms with Crippen LogP contribution < -0.4 is 11.3 Å². The largest absolute Gasteiger partial charge is 0.326 e. The monoisotopic (exact) mass is 242 g/mol. The van der Waals surface area contributed by atoms with Crippen molar-refractivity contribution in [3.05, 3.63) is 69.1 Å². The maximum atomic E-state index is 12.1. The second-order valence-electron chi connectivity index (χ2n) is 4.54. The predicted molar refractivity (Wildman–Crippen MR) is 73.6 cm³/mol. The van der Waals surface area contributed by atoms with Crippen LogP contribution in [-0.4, -0.2) is 4.57 Å². The van der Waals surface area contributed by atoms with E-state index in [1.165, 1.54) is 16.7 Å². The molecule has 0 aliphatic heterocycles. The molecule has 0 bridgehead atoms. The van der Waals surface area contributed by atoms with Crippen molar-refractivity contribution in [3.8, 4) is 0 Å². The van der Waals surface area contributed by atoms with E-state index in [9.17, 15) is 4.79 Å². The number of aryl methyl sites for hydroxylation is 2. The van der Waals surface area contributed by atoms with Crippen molar-refractivity contribution < 1.29 is 0 Å². The molecule has 18 heavy (non-hydrogen) atoms. The number of hydrogen-bond acceptors (Lipinski definition) is 2. The highest BCUT2D eigenvalue weighted by Gasteiger charge is 2.06. The van der Waals surface area contributed by atoms with Crippen LogP contribution in [0.2, 0.25) is 0 Å². The Morgan fingerprint density at radius 3 is 2.39 bits per heavy atom. The van der Waals surface area contributed by atoms with Crippen molar-refractivity contribution in [1.82, 2.24) is 4.57 Å². The average molecular weight is 242 g/mol. The highest BCUT2D eigenvalue weighted by Crippen LogP contribution is 2.14. The molecule has 0 saturated carbocycles. The molecule has 0 atom stereocenters. The molecule has 2 rings (SSSR count). The fraction of sp³-hybridized carbons (Fsp3) is 0.267. The topological polar surface area (TPSA) is 48.0 Å². The van der Waals surface area contributed by atoms with Gasteiger partial charge in [-0.1, -0.05) is 24.3 Å². The van der Waals surface area contributed by atoms with Crippen LogP contribution in [0.1, 0.15) is 22.3 Å². The lowest BCUT2D eigenvalue weighted by Crippen LogP contribution is -2.25. The molecular weight excluding hydrogens is 224 g/mol. The lowest BCUT2D eigenvalue weighted by molar-refractivity contribution is 0.736. The predicted octanol–water partition coefficient (Wildman–Crippen LogP) is 1.97. The van der Waals surface area contributed by atoms with Gasteiger partial charge in [-0.05, 0) is 36.6 Å². The van der Waals surface area contributed by atoms with Gasteiger partial charge in [-0.15, -0.1) is 0 Å². The molecule has 0 saturated heterocycles. The third kappa shape index (κ3) is 2.36. The Balaban J connectivity index is 2.44. The molecule has 0 aliphatic carbocycles. The number of rotatable bonds is 3. The molecule has 94 valence electrons. The van der Waals surface area contributed by atoms with Crippen LogP contribution >= 0.6 is 0 Å². The van der Waals surface area contributed by atoms with Gasteiger partial charge in [0, 0.05) is 18.3 Å². The summed E-state index contributed by atoms with van der Waals surface area (Å²) in [7, 11) is 0. The van der Waals surface area contributed by atoms with E-state index in [0.29, 0.717) is 12.1 Å². The first-order valence-electron chi connectivity index (χ1n) is 6.07. The molecule has 0 fully saturated rings. The van der Waals surface area contributed by atoms with Gasteiger partial charge in [0.2, 0.25) is 0 Å². The van der Waals surface area contributed by atoms with Crippen LogP contribution in [0.4, 0.5) is 0 Å². The average Bonchev–Trinajstić information content (AvgIpc) is 2.36. The van der Waals surface area contributed by atoms with Gasteiger partial charge in [0.05, 0.1) is 6.54 Å². The molecule has 1 aromatic carbocycles. The van der Waals surface area contributed by atoms with Crippen molar-refractivity contribution in [2.45, 2.75) is 26.9 Å². The van der Waals surface area contributed by atoms with Crippen molar-refractivity contribution >= 4 is 0 Å². The van der Waals surface area contributed by atoms with E-state index in [2.05, 4.69) is 26.0 Å². The number of pyridine rings is 1. The molecule has 1 aromatic heterocycles. The molecule has 0 radical (unpaired) electrons. The van der Waals surface area contributed by atoms with Crippen LogP contribution in [0, 0.1) is 13.8 Å². The Hall–Kier alpha value is -1.87. The SMILES string of the molecule is Cc1cccc(C)c1Cn1cccc(CN)c1=O. The Bertz CT molecular complexity index is 594. The van der Waals surface area contributed by atoms with E-state index in [1.807, 2.05) is 18.3 Å². The first-order valence-corrected chi connectivity index (χ1v) is 6.07. The number of aromatic nitrogens is 1. The van der Waals surface area contributed by atoms with Gasteiger partial charge in [-0.2, -0.15) is 0 Å². The molecule has 3 nitrogen and oxygen atoms in total. The van der Waals surface area contributed by atoms with Gasteiger partial charge < -0.3 is 10.3 Å². The maximum absolute atomic E-state index is 12.1. The second kappa shape index (κ2) is 5.19. The molecule has 0 unspecified atom stereocenters. The molecule has 3 heteroatoms. The van der Waals surface area contributed by atoms with E-state index in [0.717, 1.165) is 0 Å². The summed E-state index contributed by atoms with van der Waals surface area (Å²) in [5.41, 5.74) is 9.84. The summed E-state index contributed by atoms with van der Waals surface area (Å²) < 4.78 is 1.72. The number of nitrogens with two attached hydrogens (primary N) is 1. The van der Waals surface area contributed by atoms with Crippen molar-refractivity contribution in [2.24, 2.45) is 5.73 Å². The van der Waals surface area contributed by atoms with E-state index in [-0.39, 0.29) is 12.1 Å². The normalized spacial score (nSPS) is 10.6. The molecule has 2 aromatic rings. The minimum Gasteiger partial charge on any atom is -0.326 e. The fourth-order valence-corrected chi connectivity index (χ4v) is 2.14. The van der Waals surface area contributed by atoms with Crippen LogP contribution in [0.15, 0.2) is 41.3 Å². The Labute approximate surface area is 107 Å². The Morgan fingerprint density at radius 2 is 1.78 bits per heavy atom. The summed E-state index contributed by atoms with van der Waals surface area (Å²) in [6.45, 7) is 5.03. The third-order valence-electron chi connectivity index (χ3n) is 3.29. The van der Waals surface area contributed by atoms with Crippen LogP contribution in [0.3, 0.4) is 0 Å². The summed E-state index contributed by atoms with van der Waals surface area (Å²) >= 11 is 0. The van der Waals surface area contributed by atoms with E-state index in [1.54, 1.807) is 10.6 Å². The molecule has 0 amide bonds. The van der Waals surface area contributed by atoms with Crippen molar-refractivity contribution in [3.63, 3.8) is 0 Å². The van der Waals surface area contributed by atoms with Gasteiger partial charge in [0.1, 0.15) is 0 Å². The smallest absolute Gasteiger partial charge is 0.255 e. The molecule has 2 N–H and O–H groups in total. The van der Waals surface area contributed by atoms with Crippen molar-refractivity contribution in [2.75, 3.05) is 0 Å². The third-order valence-corrected chi connectivity index (χ3v) is 3.29. The van der Waals surface area contributed by atoms with Gasteiger partial charge in [-0.25, -0.2) is 0 Å². The summed E-state index contributed by atoms with van der Waals surface area (Å²) in [5, 5.41) is 0. The zero-order chi connectivity index (χ0) is 13.1. The van der Waals surface area contributed by atoms with Gasteiger partial charge in [0.15, 0.2) is 0 Å². The first-order chi connectivity index (χ1) is 8.63. The maximum Gasteiger partial charge on any atom is 0.255 e. The minimum absolute atomic E-state index is 0.00246. The first kappa shape index (κ1) is 12.6. The molecular formula is C15H18N2O. The van der Waals surface area contributed by atoms with Crippen LogP contribution in [-0.2, 0) is 13.1 Å². The lowest BCUT2D eigenvalue weighted by Gasteiger charge is -2.12. The van der Waals surface area contributed by atoms with Crippen molar-refractivity contribution in [1.29, 1.82) is 0 Å². The Morgan fingerprint density at radius 1 is 1.11 bits per heavy atom. The van der Waals surface area contributed by atoms with Gasteiger partial charge in [0.25, 0.3) is 5.56 Å². The zero-order valence-electron chi connectivity index (χ0n) is 10.8. The van der Waals surface area contributed by atoms with E-state index < -0.39 is 0 Å². The molecule has 0 aliphatic rings. The molecule has 0 spiro atoms. The fourth-order valence-electron chi connectivity index (χ4n) is 2.14. The van der Waals surface area contributed by atoms with Gasteiger partial charge in [-0.3, -0.25) is 4.79 Å². The number of hydrogen-bond donors (Lipinski definition) is 1. The quantitative estimate of drug-likeness (QED) is 0.894. The van der Waals surface area contributed by atoms with Crippen LogP contribution in [0.25, 0.3) is 0 Å². The molecule has 1 heterocycles. The summed E-state index contributed by atoms with van der Waals surface area (Å²) in [6.07, 6.45) is 1.81. The summed E-state index contributed by atoms with van der Waals surface area (Å²) in [4.78, 5) is 12.1. The van der Waals surface area contributed by atoms with Gasteiger partial charge >= 0.3 is 0 Å². The van der Waals surface area contributed by atoms with E-state index in [4.69, 9.17) is 5.73 Å². The Kier molecular flexibility index (Phi) is 3.63. The minimum atomic E-state index is 0.00246. The zero-order valence-corrected chi connectivity index (χ0v) is 10.8. The second-order valence-corrected chi connectivity index (χ2v) is 4.54. The highest BCUT2D eigenvalue weighted by molar-refractivity contribution is 5.33. The van der Waals surface area contributed by atoms with Crippen LogP contribution in [0.5, 0.6) is 0 Å². The number of nitrogens with zero attached hydrogens (tertiary/aromatic N) is 1. The number of benzene rings is 1. The summed E-state index contributed by atoms with van der Waals surface area (Å²) in [5.74, 6) is 0. The van der Waals surface area contributed by atoms with E-state index >= 15 is 0 Å². The highest BCUT2D eigenvalue weighted by atomic mass is 16.1. The summed E-state index contributed by atoms with van der Waals surface area (Å²) in [6, 6.07) is 9.83. The lowest BCUT2D eigenvalue weighted by atomic mass is 10.0.